The number of rotatable bonds is 8. The predicted octanol–water partition coefficient (Wildman–Crippen LogP) is 3.44. The quantitative estimate of drug-likeness (QED) is 0.455. The van der Waals surface area contributed by atoms with Crippen molar-refractivity contribution in [2.75, 3.05) is 45.9 Å². The lowest BCUT2D eigenvalue weighted by atomic mass is 10.0. The summed E-state index contributed by atoms with van der Waals surface area (Å²) in [5.74, 6) is 1.60. The van der Waals surface area contributed by atoms with Gasteiger partial charge in [0.15, 0.2) is 5.82 Å². The van der Waals surface area contributed by atoms with Gasteiger partial charge >= 0.3 is 0 Å². The number of fused-ring (bicyclic) bond motifs is 1. The predicted molar refractivity (Wildman–Crippen MR) is 155 cm³/mol. The second-order valence-electron chi connectivity index (χ2n) is 11.6. The summed E-state index contributed by atoms with van der Waals surface area (Å²) in [5.41, 5.74) is 4.08. The fourth-order valence-electron chi connectivity index (χ4n) is 6.60. The minimum atomic E-state index is -0.0552. The number of aryl methyl sites for hydroxylation is 2. The molecule has 5 heterocycles. The topological polar surface area (TPSA) is 101 Å². The average molecular weight is 555 g/mol. The molecule has 9 heteroatoms. The Kier molecular flexibility index (Phi) is 8.07. The Balaban J connectivity index is 1.06. The van der Waals surface area contributed by atoms with Crippen molar-refractivity contribution in [1.29, 1.82) is 0 Å². The van der Waals surface area contributed by atoms with Crippen molar-refractivity contribution in [2.24, 2.45) is 17.8 Å². The zero-order valence-electron chi connectivity index (χ0n) is 23.8. The van der Waals surface area contributed by atoms with Crippen molar-refractivity contribution in [2.45, 2.75) is 32.7 Å². The number of amides is 2. The Hall–Kier alpha value is -3.69. The van der Waals surface area contributed by atoms with Gasteiger partial charge < -0.3 is 19.9 Å². The van der Waals surface area contributed by atoms with Gasteiger partial charge in [0.2, 0.25) is 5.91 Å². The molecule has 0 radical (unpaired) electrons. The van der Waals surface area contributed by atoms with Gasteiger partial charge in [-0.25, -0.2) is 9.97 Å². The summed E-state index contributed by atoms with van der Waals surface area (Å²) < 4.78 is 5.43. The first kappa shape index (κ1) is 27.5. The lowest BCUT2D eigenvalue weighted by molar-refractivity contribution is -0.125. The second-order valence-corrected chi connectivity index (χ2v) is 11.6. The van der Waals surface area contributed by atoms with Crippen LogP contribution >= 0.6 is 0 Å². The van der Waals surface area contributed by atoms with Gasteiger partial charge in [0.1, 0.15) is 0 Å². The molecular formula is C32H38N6O3. The largest absolute Gasteiger partial charge is 0.381 e. The maximum atomic E-state index is 13.6. The van der Waals surface area contributed by atoms with Crippen molar-refractivity contribution >= 4 is 11.8 Å². The van der Waals surface area contributed by atoms with Gasteiger partial charge in [0.25, 0.3) is 5.91 Å². The SMILES string of the molecule is Cc1nc(-c2ccncc2)nc(C)c1C(=O)N1CC2CN(CC[C@@H](NC(=O)C3CCOC3)c3ccccc3)CC2C1. The molecule has 9 nitrogen and oxygen atoms in total. The summed E-state index contributed by atoms with van der Waals surface area (Å²) in [6.07, 6.45) is 5.08. The van der Waals surface area contributed by atoms with E-state index in [2.05, 4.69) is 37.3 Å². The zero-order chi connectivity index (χ0) is 28.3. The highest BCUT2D eigenvalue weighted by Gasteiger charge is 2.42. The maximum Gasteiger partial charge on any atom is 0.257 e. The van der Waals surface area contributed by atoms with Gasteiger partial charge in [-0.3, -0.25) is 14.6 Å². The van der Waals surface area contributed by atoms with E-state index in [1.54, 1.807) is 12.4 Å². The monoisotopic (exact) mass is 554 g/mol. The molecule has 1 aromatic carbocycles. The molecule has 4 atom stereocenters. The van der Waals surface area contributed by atoms with Crippen molar-refractivity contribution in [3.05, 3.63) is 77.4 Å². The van der Waals surface area contributed by atoms with Gasteiger partial charge in [-0.1, -0.05) is 30.3 Å². The summed E-state index contributed by atoms with van der Waals surface area (Å²) >= 11 is 0. The summed E-state index contributed by atoms with van der Waals surface area (Å²) in [7, 11) is 0. The number of likely N-dealkylation sites (tertiary alicyclic amines) is 2. The first-order chi connectivity index (χ1) is 20.0. The van der Waals surface area contributed by atoms with Gasteiger partial charge in [-0.05, 0) is 56.2 Å². The first-order valence-electron chi connectivity index (χ1n) is 14.7. The van der Waals surface area contributed by atoms with E-state index < -0.39 is 0 Å². The fraction of sp³-hybridized carbons (Fsp3) is 0.469. The highest BCUT2D eigenvalue weighted by atomic mass is 16.5. The van der Waals surface area contributed by atoms with Crippen LogP contribution in [0.25, 0.3) is 11.4 Å². The number of hydrogen-bond donors (Lipinski definition) is 1. The van der Waals surface area contributed by atoms with E-state index in [-0.39, 0.29) is 23.8 Å². The molecule has 0 saturated carbocycles. The normalized spacial score (nSPS) is 23.0. The molecule has 41 heavy (non-hydrogen) atoms. The number of aromatic nitrogens is 3. The molecule has 0 spiro atoms. The number of carbonyl (C=O) groups is 2. The van der Waals surface area contributed by atoms with Crippen LogP contribution in [0.3, 0.4) is 0 Å². The molecule has 214 valence electrons. The Morgan fingerprint density at radius 1 is 0.976 bits per heavy atom. The minimum Gasteiger partial charge on any atom is -0.381 e. The number of nitrogens with one attached hydrogen (secondary N) is 1. The van der Waals surface area contributed by atoms with Crippen LogP contribution in [-0.2, 0) is 9.53 Å². The van der Waals surface area contributed by atoms with Crippen LogP contribution in [0.1, 0.15) is 46.2 Å². The van der Waals surface area contributed by atoms with E-state index in [1.165, 1.54) is 0 Å². The van der Waals surface area contributed by atoms with Crippen molar-refractivity contribution < 1.29 is 14.3 Å². The van der Waals surface area contributed by atoms with Gasteiger partial charge in [0, 0.05) is 57.3 Å². The summed E-state index contributed by atoms with van der Waals surface area (Å²) in [5, 5.41) is 3.30. The number of carbonyl (C=O) groups excluding carboxylic acids is 2. The van der Waals surface area contributed by atoms with Crippen molar-refractivity contribution in [3.8, 4) is 11.4 Å². The highest BCUT2D eigenvalue weighted by Crippen LogP contribution is 2.33. The van der Waals surface area contributed by atoms with Gasteiger partial charge in [-0.15, -0.1) is 0 Å². The van der Waals surface area contributed by atoms with Crippen LogP contribution in [0.5, 0.6) is 0 Å². The number of benzene rings is 1. The van der Waals surface area contributed by atoms with Crippen LogP contribution in [0, 0.1) is 31.6 Å². The maximum absolute atomic E-state index is 13.6. The molecule has 2 aromatic heterocycles. The third kappa shape index (κ3) is 6.01. The van der Waals surface area contributed by atoms with Crippen LogP contribution in [0.2, 0.25) is 0 Å². The minimum absolute atomic E-state index is 0.0242. The summed E-state index contributed by atoms with van der Waals surface area (Å²) in [6.45, 7) is 9.32. The molecule has 3 aliphatic heterocycles. The highest BCUT2D eigenvalue weighted by molar-refractivity contribution is 5.96. The average Bonchev–Trinajstić information content (AvgIpc) is 3.73. The van der Waals surface area contributed by atoms with E-state index in [0.717, 1.165) is 56.7 Å². The van der Waals surface area contributed by atoms with Gasteiger partial charge in [0.05, 0.1) is 35.5 Å². The molecule has 0 bridgehead atoms. The second kappa shape index (κ2) is 12.0. The molecule has 3 unspecified atom stereocenters. The zero-order valence-corrected chi connectivity index (χ0v) is 23.8. The van der Waals surface area contributed by atoms with E-state index >= 15 is 0 Å². The van der Waals surface area contributed by atoms with Crippen LogP contribution < -0.4 is 5.32 Å². The molecule has 3 aromatic rings. The number of ether oxygens (including phenoxy) is 1. The van der Waals surface area contributed by atoms with Crippen LogP contribution in [-0.4, -0.2) is 82.5 Å². The van der Waals surface area contributed by atoms with Crippen molar-refractivity contribution in [1.82, 2.24) is 30.1 Å². The summed E-state index contributed by atoms with van der Waals surface area (Å²) in [4.78, 5) is 44.4. The lowest BCUT2D eigenvalue weighted by Crippen LogP contribution is -2.37. The van der Waals surface area contributed by atoms with E-state index in [0.29, 0.717) is 47.8 Å². The van der Waals surface area contributed by atoms with Crippen LogP contribution in [0.15, 0.2) is 54.9 Å². The van der Waals surface area contributed by atoms with Gasteiger partial charge in [-0.2, -0.15) is 0 Å². The summed E-state index contributed by atoms with van der Waals surface area (Å²) in [6, 6.07) is 14.0. The Morgan fingerprint density at radius 2 is 1.66 bits per heavy atom. The third-order valence-electron chi connectivity index (χ3n) is 8.83. The smallest absolute Gasteiger partial charge is 0.257 e. The van der Waals surface area contributed by atoms with Crippen molar-refractivity contribution in [3.63, 3.8) is 0 Å². The molecule has 1 N–H and O–H groups in total. The Bertz CT molecular complexity index is 1340. The first-order valence-corrected chi connectivity index (χ1v) is 14.7. The standard InChI is InChI=1S/C32H38N6O3/c1-21-29(22(2)35-30(34-21)24-8-12-33-13-9-24)32(40)38-18-26-16-37(17-27(26)19-38)14-10-28(23-6-4-3-5-7-23)36-31(39)25-11-15-41-20-25/h3-9,12-13,25-28H,10-11,14-20H2,1-2H3,(H,36,39)/t25?,26?,27?,28-/m1/s1. The molecule has 3 saturated heterocycles. The fourth-order valence-corrected chi connectivity index (χ4v) is 6.60. The third-order valence-corrected chi connectivity index (χ3v) is 8.83. The number of nitrogens with zero attached hydrogens (tertiary/aromatic N) is 5. The lowest BCUT2D eigenvalue weighted by Gasteiger charge is -2.26. The number of hydrogen-bond acceptors (Lipinski definition) is 7. The molecule has 6 rings (SSSR count). The van der Waals surface area contributed by atoms with E-state index in [9.17, 15) is 9.59 Å². The Labute approximate surface area is 241 Å². The molecule has 3 fully saturated rings. The molecule has 0 aliphatic carbocycles. The molecule has 2 amide bonds. The molecule has 3 aliphatic rings. The molecular weight excluding hydrogens is 516 g/mol. The Morgan fingerprint density at radius 3 is 2.29 bits per heavy atom. The van der Waals surface area contributed by atoms with E-state index in [4.69, 9.17) is 4.74 Å². The number of pyridine rings is 1. The van der Waals surface area contributed by atoms with Crippen LogP contribution in [0.4, 0.5) is 0 Å². The van der Waals surface area contributed by atoms with E-state index in [1.807, 2.05) is 49.1 Å².